The molecule has 0 saturated carbocycles. The van der Waals surface area contributed by atoms with Crippen LogP contribution in [-0.2, 0) is 15.6 Å². The zero-order valence-corrected chi connectivity index (χ0v) is 11.2. The Hall–Kier alpha value is -0.830. The van der Waals surface area contributed by atoms with E-state index < -0.39 is 9.84 Å². The zero-order chi connectivity index (χ0) is 12.3. The van der Waals surface area contributed by atoms with Gasteiger partial charge in [0.1, 0.15) is 0 Å². The van der Waals surface area contributed by atoms with Crippen molar-refractivity contribution in [2.75, 3.05) is 0 Å². The third-order valence-corrected chi connectivity index (χ3v) is 4.90. The second-order valence-electron chi connectivity index (χ2n) is 4.75. The van der Waals surface area contributed by atoms with Crippen LogP contribution >= 0.6 is 0 Å². The van der Waals surface area contributed by atoms with E-state index >= 15 is 0 Å². The van der Waals surface area contributed by atoms with Gasteiger partial charge in [-0.1, -0.05) is 38.1 Å². The summed E-state index contributed by atoms with van der Waals surface area (Å²) in [6.45, 7) is 7.69. The number of sulfone groups is 1. The number of hydrogen-bond donors (Lipinski definition) is 0. The van der Waals surface area contributed by atoms with Gasteiger partial charge in [-0.15, -0.1) is 0 Å². The van der Waals surface area contributed by atoms with Crippen LogP contribution in [0, 0.1) is 0 Å². The molecular formula is C13H20O2S. The summed E-state index contributed by atoms with van der Waals surface area (Å²) in [6, 6.07) is 7.84. The van der Waals surface area contributed by atoms with E-state index in [0.29, 0.717) is 5.92 Å². The molecule has 0 bridgehead atoms. The first-order valence-corrected chi connectivity index (χ1v) is 7.35. The average Bonchev–Trinajstić information content (AvgIpc) is 2.17. The van der Waals surface area contributed by atoms with Crippen molar-refractivity contribution < 1.29 is 8.42 Å². The molecule has 1 aromatic rings. The molecule has 1 rings (SSSR count). The molecule has 0 unspecified atom stereocenters. The Bertz CT molecular complexity index is 428. The lowest BCUT2D eigenvalue weighted by molar-refractivity contribution is 0.586. The van der Waals surface area contributed by atoms with Crippen LogP contribution in [0.2, 0.25) is 0 Å². The van der Waals surface area contributed by atoms with Gasteiger partial charge >= 0.3 is 0 Å². The van der Waals surface area contributed by atoms with Crippen molar-refractivity contribution in [3.05, 3.63) is 35.4 Å². The van der Waals surface area contributed by atoms with Crippen LogP contribution in [-0.4, -0.2) is 13.7 Å². The molecule has 0 aliphatic heterocycles. The van der Waals surface area contributed by atoms with Crippen LogP contribution in [0.4, 0.5) is 0 Å². The Kier molecular flexibility index (Phi) is 4.14. The summed E-state index contributed by atoms with van der Waals surface area (Å²) in [4.78, 5) is 0. The van der Waals surface area contributed by atoms with E-state index in [2.05, 4.69) is 13.8 Å². The van der Waals surface area contributed by atoms with Crippen LogP contribution < -0.4 is 0 Å². The summed E-state index contributed by atoms with van der Waals surface area (Å²) in [5, 5.41) is -0.308. The molecule has 90 valence electrons. The molecule has 0 aromatic heterocycles. The van der Waals surface area contributed by atoms with E-state index in [1.165, 1.54) is 5.56 Å². The molecule has 0 radical (unpaired) electrons. The lowest BCUT2D eigenvalue weighted by atomic mass is 10.0. The third-order valence-electron chi connectivity index (χ3n) is 2.73. The van der Waals surface area contributed by atoms with Crippen molar-refractivity contribution in [3.8, 4) is 0 Å². The quantitative estimate of drug-likeness (QED) is 0.810. The SMILES string of the molecule is CC(C)c1ccc(CS(=O)(=O)C(C)C)cc1. The lowest BCUT2D eigenvalue weighted by Gasteiger charge is -2.09. The van der Waals surface area contributed by atoms with Crippen molar-refractivity contribution in [2.24, 2.45) is 0 Å². The summed E-state index contributed by atoms with van der Waals surface area (Å²) in [7, 11) is -2.98. The Labute approximate surface area is 98.6 Å². The highest BCUT2D eigenvalue weighted by atomic mass is 32.2. The van der Waals surface area contributed by atoms with Crippen molar-refractivity contribution >= 4 is 9.84 Å². The van der Waals surface area contributed by atoms with Gasteiger partial charge in [-0.2, -0.15) is 0 Å². The molecule has 2 nitrogen and oxygen atoms in total. The zero-order valence-electron chi connectivity index (χ0n) is 10.4. The third kappa shape index (κ3) is 3.34. The molecule has 0 fully saturated rings. The minimum atomic E-state index is -2.98. The van der Waals surface area contributed by atoms with E-state index in [0.717, 1.165) is 5.56 Å². The molecule has 0 aliphatic carbocycles. The second kappa shape index (κ2) is 5.00. The van der Waals surface area contributed by atoms with E-state index in [1.54, 1.807) is 13.8 Å². The van der Waals surface area contributed by atoms with Gasteiger partial charge in [0.05, 0.1) is 11.0 Å². The smallest absolute Gasteiger partial charge is 0.156 e. The first kappa shape index (κ1) is 13.2. The van der Waals surface area contributed by atoms with Crippen LogP contribution in [0.25, 0.3) is 0 Å². The van der Waals surface area contributed by atoms with Gasteiger partial charge in [-0.3, -0.25) is 0 Å². The minimum absolute atomic E-state index is 0.142. The standard InChI is InChI=1S/C13H20O2S/c1-10(2)13-7-5-12(6-8-13)9-16(14,15)11(3)4/h5-8,10-11H,9H2,1-4H3. The number of rotatable bonds is 4. The fourth-order valence-electron chi connectivity index (χ4n) is 1.40. The highest BCUT2D eigenvalue weighted by Gasteiger charge is 2.16. The molecule has 0 saturated heterocycles. The van der Waals surface area contributed by atoms with Crippen LogP contribution in [0.3, 0.4) is 0 Å². The normalized spacial score (nSPS) is 12.4. The van der Waals surface area contributed by atoms with E-state index in [9.17, 15) is 8.42 Å². The predicted octanol–water partition coefficient (Wildman–Crippen LogP) is 3.13. The van der Waals surface area contributed by atoms with Gasteiger partial charge in [0.2, 0.25) is 0 Å². The summed E-state index contributed by atoms with van der Waals surface area (Å²) in [6.07, 6.45) is 0. The fraction of sp³-hybridized carbons (Fsp3) is 0.538. The molecule has 0 N–H and O–H groups in total. The van der Waals surface area contributed by atoms with E-state index in [-0.39, 0.29) is 11.0 Å². The van der Waals surface area contributed by atoms with Crippen molar-refractivity contribution in [3.63, 3.8) is 0 Å². The molecule has 0 aliphatic rings. The molecule has 0 atom stereocenters. The Balaban J connectivity index is 2.85. The Morgan fingerprint density at radius 3 is 1.88 bits per heavy atom. The van der Waals surface area contributed by atoms with Crippen LogP contribution in [0.1, 0.15) is 44.7 Å². The molecule has 3 heteroatoms. The van der Waals surface area contributed by atoms with Crippen molar-refractivity contribution in [1.82, 2.24) is 0 Å². The van der Waals surface area contributed by atoms with Crippen LogP contribution in [0.5, 0.6) is 0 Å². The summed E-state index contributed by atoms with van der Waals surface area (Å²) in [5.41, 5.74) is 2.11. The monoisotopic (exact) mass is 240 g/mol. The molecule has 0 heterocycles. The highest BCUT2D eigenvalue weighted by Crippen LogP contribution is 2.17. The topological polar surface area (TPSA) is 34.1 Å². The predicted molar refractivity (Wildman–Crippen MR) is 68.3 cm³/mol. The Morgan fingerprint density at radius 2 is 1.50 bits per heavy atom. The molecule has 0 spiro atoms. The fourth-order valence-corrected chi connectivity index (χ4v) is 2.39. The molecule has 0 amide bonds. The Morgan fingerprint density at radius 1 is 1.00 bits per heavy atom. The molecule has 1 aromatic carbocycles. The first-order valence-electron chi connectivity index (χ1n) is 5.63. The average molecular weight is 240 g/mol. The minimum Gasteiger partial charge on any atom is -0.228 e. The van der Waals surface area contributed by atoms with Crippen molar-refractivity contribution in [2.45, 2.75) is 44.6 Å². The maximum Gasteiger partial charge on any atom is 0.156 e. The van der Waals surface area contributed by atoms with Gasteiger partial charge < -0.3 is 0 Å². The highest BCUT2D eigenvalue weighted by molar-refractivity contribution is 7.91. The van der Waals surface area contributed by atoms with E-state index in [4.69, 9.17) is 0 Å². The second-order valence-corrected chi connectivity index (χ2v) is 7.31. The van der Waals surface area contributed by atoms with E-state index in [1.807, 2.05) is 24.3 Å². The van der Waals surface area contributed by atoms with Crippen molar-refractivity contribution in [1.29, 1.82) is 0 Å². The van der Waals surface area contributed by atoms with Crippen LogP contribution in [0.15, 0.2) is 24.3 Å². The molecule has 16 heavy (non-hydrogen) atoms. The van der Waals surface area contributed by atoms with Gasteiger partial charge in [-0.05, 0) is 30.9 Å². The summed E-state index contributed by atoms with van der Waals surface area (Å²) >= 11 is 0. The van der Waals surface area contributed by atoms with Gasteiger partial charge in [-0.25, -0.2) is 8.42 Å². The largest absolute Gasteiger partial charge is 0.228 e. The summed E-state index contributed by atoms with van der Waals surface area (Å²) in [5.74, 6) is 0.624. The number of hydrogen-bond acceptors (Lipinski definition) is 2. The van der Waals surface area contributed by atoms with Gasteiger partial charge in [0.15, 0.2) is 9.84 Å². The van der Waals surface area contributed by atoms with Gasteiger partial charge in [0, 0.05) is 0 Å². The maximum atomic E-state index is 11.7. The first-order chi connectivity index (χ1) is 7.33. The van der Waals surface area contributed by atoms with Gasteiger partial charge in [0.25, 0.3) is 0 Å². The molecular weight excluding hydrogens is 220 g/mol. The lowest BCUT2D eigenvalue weighted by Crippen LogP contribution is -2.15. The maximum absolute atomic E-state index is 11.7. The number of benzene rings is 1. The summed E-state index contributed by atoms with van der Waals surface area (Å²) < 4.78 is 23.4.